The van der Waals surface area contributed by atoms with Gasteiger partial charge in [-0.15, -0.1) is 0 Å². The third kappa shape index (κ3) is 3.29. The topological polar surface area (TPSA) is 58.6 Å². The molecule has 1 N–H and O–H groups in total. The molecule has 128 valence electrons. The van der Waals surface area contributed by atoms with Crippen molar-refractivity contribution in [3.8, 4) is 17.2 Å². The van der Waals surface area contributed by atoms with Crippen molar-refractivity contribution in [2.45, 2.75) is 0 Å². The van der Waals surface area contributed by atoms with Crippen LogP contribution < -0.4 is 0 Å². The van der Waals surface area contributed by atoms with E-state index in [9.17, 15) is 5.11 Å². The number of aliphatic imine (C=N–C) groups is 1. The molecule has 4 rings (SSSR count). The normalized spacial score (nSPS) is 11.5. The second-order valence-corrected chi connectivity index (χ2v) is 6.46. The molecule has 0 unspecified atom stereocenters. The van der Waals surface area contributed by atoms with Crippen LogP contribution in [0.4, 0.5) is 5.69 Å². The fraction of sp³-hybridized carbons (Fsp3) is 0. The molecular formula is C20H12Cl2N2O2. The standard InChI is InChI=1S/C20H12Cl2N2O2/c21-14-8-13(19(25)16(22)9-14)11-23-15-6-7-18-17(10-15)24-20(26-18)12-4-2-1-3-5-12/h1-11,25H. The molecule has 6 heteroatoms. The number of hydrogen-bond acceptors (Lipinski definition) is 4. The summed E-state index contributed by atoms with van der Waals surface area (Å²) in [4.78, 5) is 8.88. The minimum absolute atomic E-state index is 0.0614. The highest BCUT2D eigenvalue weighted by Crippen LogP contribution is 2.31. The molecule has 26 heavy (non-hydrogen) atoms. The van der Waals surface area contributed by atoms with Crippen LogP contribution in [0.1, 0.15) is 5.56 Å². The molecule has 0 fully saturated rings. The SMILES string of the molecule is Oc1c(Cl)cc(Cl)cc1C=Nc1ccc2oc(-c3ccccc3)nc2c1. The van der Waals surface area contributed by atoms with Crippen molar-refractivity contribution < 1.29 is 9.52 Å². The van der Waals surface area contributed by atoms with E-state index >= 15 is 0 Å². The lowest BCUT2D eigenvalue weighted by Crippen LogP contribution is -1.84. The van der Waals surface area contributed by atoms with Crippen molar-refractivity contribution in [1.82, 2.24) is 4.98 Å². The third-order valence-electron chi connectivity index (χ3n) is 3.80. The molecule has 3 aromatic carbocycles. The van der Waals surface area contributed by atoms with E-state index < -0.39 is 0 Å². The van der Waals surface area contributed by atoms with Crippen molar-refractivity contribution >= 4 is 46.2 Å². The van der Waals surface area contributed by atoms with Gasteiger partial charge in [0.05, 0.1) is 10.7 Å². The molecule has 4 nitrogen and oxygen atoms in total. The zero-order valence-electron chi connectivity index (χ0n) is 13.4. The molecule has 0 radical (unpaired) electrons. The Balaban J connectivity index is 1.68. The van der Waals surface area contributed by atoms with E-state index in [1.807, 2.05) is 48.5 Å². The van der Waals surface area contributed by atoms with E-state index in [2.05, 4.69) is 9.98 Å². The number of rotatable bonds is 3. The van der Waals surface area contributed by atoms with Gasteiger partial charge in [0.15, 0.2) is 5.58 Å². The van der Waals surface area contributed by atoms with Crippen LogP contribution in [-0.2, 0) is 0 Å². The van der Waals surface area contributed by atoms with Gasteiger partial charge in [0.25, 0.3) is 0 Å². The lowest BCUT2D eigenvalue weighted by Gasteiger charge is -2.02. The zero-order chi connectivity index (χ0) is 18.1. The Morgan fingerprint density at radius 1 is 1.00 bits per heavy atom. The maximum Gasteiger partial charge on any atom is 0.227 e. The Hall–Kier alpha value is -2.82. The van der Waals surface area contributed by atoms with Crippen molar-refractivity contribution in [2.24, 2.45) is 4.99 Å². The van der Waals surface area contributed by atoms with Crippen molar-refractivity contribution in [3.05, 3.63) is 76.3 Å². The summed E-state index contributed by atoms with van der Waals surface area (Å²) in [5.74, 6) is 0.495. The lowest BCUT2D eigenvalue weighted by molar-refractivity contribution is 0.475. The number of benzene rings is 3. The Morgan fingerprint density at radius 2 is 1.81 bits per heavy atom. The third-order valence-corrected chi connectivity index (χ3v) is 4.31. The first kappa shape index (κ1) is 16.6. The molecule has 1 heterocycles. The second kappa shape index (κ2) is 6.83. The quantitative estimate of drug-likeness (QED) is 0.425. The van der Waals surface area contributed by atoms with Crippen molar-refractivity contribution in [1.29, 1.82) is 0 Å². The summed E-state index contributed by atoms with van der Waals surface area (Å²) in [5, 5.41) is 10.6. The van der Waals surface area contributed by atoms with Crippen LogP contribution in [0, 0.1) is 0 Å². The summed E-state index contributed by atoms with van der Waals surface area (Å²) in [6.07, 6.45) is 1.51. The van der Waals surface area contributed by atoms with Gasteiger partial charge in [0, 0.05) is 22.4 Å². The summed E-state index contributed by atoms with van der Waals surface area (Å²) in [7, 11) is 0. The van der Waals surface area contributed by atoms with Crippen LogP contribution >= 0.6 is 23.2 Å². The van der Waals surface area contributed by atoms with Crippen LogP contribution in [0.15, 0.2) is 70.1 Å². The maximum atomic E-state index is 9.99. The number of halogens is 2. The van der Waals surface area contributed by atoms with E-state index in [1.165, 1.54) is 12.3 Å². The summed E-state index contributed by atoms with van der Waals surface area (Å²) in [5.41, 5.74) is 3.39. The lowest BCUT2D eigenvalue weighted by atomic mass is 10.2. The Labute approximate surface area is 159 Å². The first-order valence-corrected chi connectivity index (χ1v) is 8.54. The van der Waals surface area contributed by atoms with Crippen molar-refractivity contribution in [2.75, 3.05) is 0 Å². The van der Waals surface area contributed by atoms with Crippen LogP contribution in [0.25, 0.3) is 22.6 Å². The Morgan fingerprint density at radius 3 is 2.62 bits per heavy atom. The molecule has 4 aromatic rings. The van der Waals surface area contributed by atoms with Gasteiger partial charge >= 0.3 is 0 Å². The van der Waals surface area contributed by atoms with E-state index in [0.717, 1.165) is 5.56 Å². The van der Waals surface area contributed by atoms with Gasteiger partial charge in [0.2, 0.25) is 5.89 Å². The number of aromatic nitrogens is 1. The number of aromatic hydroxyl groups is 1. The fourth-order valence-corrected chi connectivity index (χ4v) is 3.04. The molecule has 0 saturated heterocycles. The summed E-state index contributed by atoms with van der Waals surface area (Å²) in [6.45, 7) is 0. The number of fused-ring (bicyclic) bond motifs is 1. The first-order chi connectivity index (χ1) is 12.6. The summed E-state index contributed by atoms with van der Waals surface area (Å²) in [6, 6.07) is 18.2. The molecule has 0 bridgehead atoms. The van der Waals surface area contributed by atoms with E-state index in [-0.39, 0.29) is 10.8 Å². The fourth-order valence-electron chi connectivity index (χ4n) is 2.53. The van der Waals surface area contributed by atoms with Gasteiger partial charge in [-0.25, -0.2) is 4.98 Å². The average molecular weight is 383 g/mol. The van der Waals surface area contributed by atoms with Gasteiger partial charge in [0.1, 0.15) is 11.3 Å². The van der Waals surface area contributed by atoms with Gasteiger partial charge < -0.3 is 9.52 Å². The number of oxazole rings is 1. The van der Waals surface area contributed by atoms with Gasteiger partial charge in [-0.1, -0.05) is 41.4 Å². The molecule has 0 aliphatic heterocycles. The highest BCUT2D eigenvalue weighted by atomic mass is 35.5. The summed E-state index contributed by atoms with van der Waals surface area (Å²) >= 11 is 11.9. The number of hydrogen-bond donors (Lipinski definition) is 1. The largest absolute Gasteiger partial charge is 0.506 e. The van der Waals surface area contributed by atoms with Gasteiger partial charge in [-0.3, -0.25) is 4.99 Å². The highest BCUT2D eigenvalue weighted by Gasteiger charge is 2.09. The highest BCUT2D eigenvalue weighted by molar-refractivity contribution is 6.36. The molecular weight excluding hydrogens is 371 g/mol. The molecule has 0 aliphatic carbocycles. The van der Waals surface area contributed by atoms with Gasteiger partial charge in [-0.2, -0.15) is 0 Å². The molecule has 0 saturated carbocycles. The minimum atomic E-state index is -0.0614. The van der Waals surface area contributed by atoms with E-state index in [0.29, 0.717) is 33.3 Å². The van der Waals surface area contributed by atoms with Gasteiger partial charge in [-0.05, 0) is 42.5 Å². The Kier molecular flexibility index (Phi) is 4.37. The second-order valence-electron chi connectivity index (χ2n) is 5.62. The molecule has 0 atom stereocenters. The molecule has 1 aromatic heterocycles. The first-order valence-electron chi connectivity index (χ1n) is 7.78. The van der Waals surface area contributed by atoms with E-state index in [1.54, 1.807) is 6.07 Å². The Bertz CT molecular complexity index is 1120. The predicted molar refractivity (Wildman–Crippen MR) is 105 cm³/mol. The van der Waals surface area contributed by atoms with E-state index in [4.69, 9.17) is 27.6 Å². The number of phenols is 1. The summed E-state index contributed by atoms with van der Waals surface area (Å²) < 4.78 is 5.78. The van der Waals surface area contributed by atoms with Crippen LogP contribution in [0.3, 0.4) is 0 Å². The molecule has 0 aliphatic rings. The monoisotopic (exact) mass is 382 g/mol. The minimum Gasteiger partial charge on any atom is -0.506 e. The number of phenolic OH excluding ortho intramolecular Hbond substituents is 1. The van der Waals surface area contributed by atoms with Crippen molar-refractivity contribution in [3.63, 3.8) is 0 Å². The van der Waals surface area contributed by atoms with Crippen LogP contribution in [0.5, 0.6) is 5.75 Å². The van der Waals surface area contributed by atoms with Crippen LogP contribution in [-0.4, -0.2) is 16.3 Å². The predicted octanol–water partition coefficient (Wildman–Crippen LogP) is 6.26. The molecule has 0 amide bonds. The smallest absolute Gasteiger partial charge is 0.227 e. The molecule has 0 spiro atoms. The van der Waals surface area contributed by atoms with Crippen LogP contribution in [0.2, 0.25) is 10.0 Å². The number of nitrogens with zero attached hydrogens (tertiary/aromatic N) is 2. The zero-order valence-corrected chi connectivity index (χ0v) is 14.9. The maximum absolute atomic E-state index is 9.99. The average Bonchev–Trinajstić information content (AvgIpc) is 3.07.